The Morgan fingerprint density at radius 2 is 1.82 bits per heavy atom. The average Bonchev–Trinajstić information content (AvgIpc) is 3.39. The monoisotopic (exact) mass is 584 g/mol. The molecule has 1 aliphatic rings. The van der Waals surface area contributed by atoms with Crippen LogP contribution in [-0.4, -0.2) is 41.1 Å². The van der Waals surface area contributed by atoms with Gasteiger partial charge in [0.1, 0.15) is 17.3 Å². The fourth-order valence-electron chi connectivity index (χ4n) is 4.60. The number of halogens is 1. The highest BCUT2D eigenvalue weighted by atomic mass is 79.9. The highest BCUT2D eigenvalue weighted by Gasteiger charge is 2.43. The van der Waals surface area contributed by atoms with Crippen LogP contribution in [0.2, 0.25) is 0 Å². The fraction of sp³-hybridized carbons (Fsp3) is 0.107. The Morgan fingerprint density at radius 1 is 1.08 bits per heavy atom. The molecule has 0 radical (unpaired) electrons. The number of imidazole rings is 1. The Kier molecular flexibility index (Phi) is 6.87. The summed E-state index contributed by atoms with van der Waals surface area (Å²) >= 11 is 3.41. The number of carbonyl (C=O) groups excluding carboxylic acids is 2. The van der Waals surface area contributed by atoms with E-state index in [1.807, 2.05) is 6.07 Å². The van der Waals surface area contributed by atoms with Gasteiger partial charge in [0.2, 0.25) is 0 Å². The number of rotatable bonds is 5. The Hall–Kier alpha value is -4.95. The molecule has 1 aliphatic heterocycles. The van der Waals surface area contributed by atoms with Crippen molar-refractivity contribution in [2.75, 3.05) is 19.1 Å². The average molecular weight is 585 g/mol. The third-order valence-corrected chi connectivity index (χ3v) is 6.75. The molecule has 0 saturated carbocycles. The van der Waals surface area contributed by atoms with Crippen molar-refractivity contribution in [1.29, 1.82) is 5.26 Å². The van der Waals surface area contributed by atoms with Crippen molar-refractivity contribution in [2.24, 2.45) is 5.73 Å². The highest BCUT2D eigenvalue weighted by Crippen LogP contribution is 2.43. The predicted molar refractivity (Wildman–Crippen MR) is 147 cm³/mol. The van der Waals surface area contributed by atoms with E-state index in [2.05, 4.69) is 37.0 Å². The van der Waals surface area contributed by atoms with Crippen LogP contribution in [0.3, 0.4) is 0 Å². The van der Waals surface area contributed by atoms with E-state index >= 15 is 0 Å². The number of fused-ring (bicyclic) bond motifs is 1. The number of pyridine rings is 1. The van der Waals surface area contributed by atoms with Crippen LogP contribution in [0.5, 0.6) is 0 Å². The van der Waals surface area contributed by atoms with E-state index < -0.39 is 17.9 Å². The van der Waals surface area contributed by atoms with Crippen LogP contribution in [0.4, 0.5) is 5.69 Å². The number of nitrogens with one attached hydrogen (secondary N) is 1. The minimum Gasteiger partial charge on any atom is -0.466 e. The number of esters is 2. The van der Waals surface area contributed by atoms with Gasteiger partial charge in [-0.05, 0) is 45.8 Å². The summed E-state index contributed by atoms with van der Waals surface area (Å²) in [4.78, 5) is 39.9. The minimum absolute atomic E-state index is 0.0188. The summed E-state index contributed by atoms with van der Waals surface area (Å²) in [5.41, 5.74) is 9.50. The third-order valence-electron chi connectivity index (χ3n) is 6.31. The van der Waals surface area contributed by atoms with Gasteiger partial charge >= 0.3 is 11.9 Å². The molecule has 5 rings (SSSR count). The van der Waals surface area contributed by atoms with Crippen molar-refractivity contribution in [3.63, 3.8) is 0 Å². The number of H-pyrrole nitrogens is 1. The quantitative estimate of drug-likeness (QED) is 0.328. The summed E-state index contributed by atoms with van der Waals surface area (Å²) in [7, 11) is 2.41. The van der Waals surface area contributed by atoms with E-state index in [0.29, 0.717) is 28.1 Å². The van der Waals surface area contributed by atoms with Gasteiger partial charge in [0.15, 0.2) is 0 Å². The Morgan fingerprint density at radius 3 is 2.49 bits per heavy atom. The van der Waals surface area contributed by atoms with Gasteiger partial charge in [-0.25, -0.2) is 14.6 Å². The van der Waals surface area contributed by atoms with Gasteiger partial charge in [-0.2, -0.15) is 5.26 Å². The first-order chi connectivity index (χ1) is 18.9. The van der Waals surface area contributed by atoms with E-state index in [4.69, 9.17) is 15.2 Å². The maximum absolute atomic E-state index is 13.3. The molecular weight excluding hydrogens is 564 g/mol. The zero-order chi connectivity index (χ0) is 27.7. The summed E-state index contributed by atoms with van der Waals surface area (Å²) < 4.78 is 11.0. The lowest BCUT2D eigenvalue weighted by Crippen LogP contribution is -2.40. The second-order valence-electron chi connectivity index (χ2n) is 8.51. The molecule has 0 fully saturated rings. The molecule has 1 unspecified atom stereocenters. The SMILES string of the molecule is COC(=O)C1=C(C(=O)OC)N(c2ccc3nc(-c4cncc(Br)c4)[nH]c3c2)C(N)=C(C#N)C1c1ccccc1. The molecule has 0 saturated heterocycles. The number of hydrogen-bond acceptors (Lipinski definition) is 9. The van der Waals surface area contributed by atoms with Crippen molar-refractivity contribution < 1.29 is 19.1 Å². The standard InChI is InChI=1S/C28H21BrN6O4/c1-38-27(36)23-22(15-6-4-3-5-7-15)19(12-30)25(31)35(24(23)28(37)39-2)18-8-9-20-21(11-18)34-26(33-20)16-10-17(29)14-32-13-16/h3-11,13-14,22H,31H2,1-2H3,(H,33,34). The summed E-state index contributed by atoms with van der Waals surface area (Å²) in [5.74, 6) is -1.99. The van der Waals surface area contributed by atoms with Crippen molar-refractivity contribution in [3.8, 4) is 17.5 Å². The second kappa shape index (κ2) is 10.4. The molecule has 10 nitrogen and oxygen atoms in total. The Balaban J connectivity index is 1.74. The number of carbonyl (C=O) groups is 2. The predicted octanol–water partition coefficient (Wildman–Crippen LogP) is 4.29. The van der Waals surface area contributed by atoms with E-state index in [0.717, 1.165) is 10.0 Å². The number of nitriles is 1. The molecule has 4 aromatic rings. The number of aromatic nitrogens is 3. The fourth-order valence-corrected chi connectivity index (χ4v) is 4.96. The topological polar surface area (TPSA) is 147 Å². The van der Waals surface area contributed by atoms with Crippen molar-refractivity contribution in [1.82, 2.24) is 15.0 Å². The molecular formula is C28H21BrN6O4. The second-order valence-corrected chi connectivity index (χ2v) is 9.43. The first kappa shape index (κ1) is 25.7. The molecule has 0 aliphatic carbocycles. The minimum atomic E-state index is -0.944. The number of aromatic amines is 1. The van der Waals surface area contributed by atoms with E-state index in [1.54, 1.807) is 60.9 Å². The number of nitrogens with two attached hydrogens (primary N) is 1. The number of allylic oxidation sites excluding steroid dienone is 1. The molecule has 0 bridgehead atoms. The normalized spacial score (nSPS) is 15.3. The zero-order valence-electron chi connectivity index (χ0n) is 20.8. The zero-order valence-corrected chi connectivity index (χ0v) is 22.4. The molecule has 3 N–H and O–H groups in total. The molecule has 2 aromatic carbocycles. The van der Waals surface area contributed by atoms with Crippen LogP contribution in [0.15, 0.2) is 94.1 Å². The van der Waals surface area contributed by atoms with Crippen LogP contribution >= 0.6 is 15.9 Å². The van der Waals surface area contributed by atoms with Crippen LogP contribution in [0.25, 0.3) is 22.4 Å². The van der Waals surface area contributed by atoms with Gasteiger partial charge in [-0.1, -0.05) is 30.3 Å². The first-order valence-electron chi connectivity index (χ1n) is 11.6. The molecule has 1 atom stereocenters. The van der Waals surface area contributed by atoms with Gasteiger partial charge in [0, 0.05) is 22.4 Å². The highest BCUT2D eigenvalue weighted by molar-refractivity contribution is 9.10. The van der Waals surface area contributed by atoms with Crippen LogP contribution in [0, 0.1) is 11.3 Å². The Bertz CT molecular complexity index is 1720. The number of hydrogen-bond donors (Lipinski definition) is 2. The van der Waals surface area contributed by atoms with Crippen LogP contribution in [-0.2, 0) is 19.1 Å². The maximum atomic E-state index is 13.3. The van der Waals surface area contributed by atoms with Crippen LogP contribution in [0.1, 0.15) is 11.5 Å². The number of nitrogens with zero attached hydrogens (tertiary/aromatic N) is 4. The van der Waals surface area contributed by atoms with Crippen LogP contribution < -0.4 is 10.6 Å². The molecule has 2 aromatic heterocycles. The first-order valence-corrected chi connectivity index (χ1v) is 12.4. The van der Waals surface area contributed by atoms with Gasteiger partial charge < -0.3 is 20.2 Å². The van der Waals surface area contributed by atoms with E-state index in [-0.39, 0.29) is 22.7 Å². The van der Waals surface area contributed by atoms with Gasteiger partial charge in [0.25, 0.3) is 0 Å². The molecule has 11 heteroatoms. The van der Waals surface area contributed by atoms with Crippen molar-refractivity contribution in [3.05, 3.63) is 99.7 Å². The summed E-state index contributed by atoms with van der Waals surface area (Å²) in [6.45, 7) is 0. The summed E-state index contributed by atoms with van der Waals surface area (Å²) in [6, 6.07) is 18.0. The lowest BCUT2D eigenvalue weighted by atomic mass is 9.81. The van der Waals surface area contributed by atoms with Crippen molar-refractivity contribution in [2.45, 2.75) is 5.92 Å². The lowest BCUT2D eigenvalue weighted by Gasteiger charge is -2.35. The number of ether oxygens (including phenoxy) is 2. The van der Waals surface area contributed by atoms with Gasteiger partial charge in [-0.3, -0.25) is 9.88 Å². The smallest absolute Gasteiger partial charge is 0.355 e. The summed E-state index contributed by atoms with van der Waals surface area (Å²) in [6.07, 6.45) is 3.35. The molecule has 0 spiro atoms. The lowest BCUT2D eigenvalue weighted by molar-refractivity contribution is -0.139. The third kappa shape index (κ3) is 4.51. The maximum Gasteiger partial charge on any atom is 0.355 e. The molecule has 0 amide bonds. The Labute approximate surface area is 231 Å². The molecule has 194 valence electrons. The largest absolute Gasteiger partial charge is 0.466 e. The number of anilines is 1. The number of methoxy groups -OCH3 is 2. The van der Waals surface area contributed by atoms with E-state index in [1.165, 1.54) is 19.1 Å². The van der Waals surface area contributed by atoms with Crippen molar-refractivity contribution >= 4 is 44.6 Å². The molecule has 3 heterocycles. The van der Waals surface area contributed by atoms with Gasteiger partial charge in [0.05, 0.1) is 54.1 Å². The molecule has 39 heavy (non-hydrogen) atoms. The summed E-state index contributed by atoms with van der Waals surface area (Å²) in [5, 5.41) is 10.2. The van der Waals surface area contributed by atoms with E-state index in [9.17, 15) is 14.9 Å². The van der Waals surface area contributed by atoms with Gasteiger partial charge in [-0.15, -0.1) is 0 Å². The number of benzene rings is 2.